The summed E-state index contributed by atoms with van der Waals surface area (Å²) in [7, 11) is 1.76. The summed E-state index contributed by atoms with van der Waals surface area (Å²) in [6.07, 6.45) is 3.48. The fourth-order valence-corrected chi connectivity index (χ4v) is 2.93. The molecule has 1 saturated carbocycles. The standard InChI is InChI=1S/C15H23NO2S/c1-18-11-15(12-3-4-12)16-13-5-7-14(8-6-13)19-10-2-9-17/h5-8,12,15-17H,2-4,9-11H2,1H3. The second-order valence-corrected chi connectivity index (χ2v) is 6.16. The summed E-state index contributed by atoms with van der Waals surface area (Å²) in [5, 5.41) is 12.3. The van der Waals surface area contributed by atoms with E-state index in [0.29, 0.717) is 6.04 Å². The first-order chi connectivity index (χ1) is 9.33. The van der Waals surface area contributed by atoms with E-state index >= 15 is 0 Å². The first-order valence-corrected chi connectivity index (χ1v) is 7.91. The molecular formula is C15H23NO2S. The molecule has 19 heavy (non-hydrogen) atoms. The predicted octanol–water partition coefficient (Wildman–Crippen LogP) is 3.00. The maximum Gasteiger partial charge on any atom is 0.0666 e. The summed E-state index contributed by atoms with van der Waals surface area (Å²) in [5.74, 6) is 1.75. The molecule has 2 rings (SSSR count). The molecule has 4 heteroatoms. The molecule has 3 nitrogen and oxygen atoms in total. The third kappa shape index (κ3) is 5.05. The molecule has 1 aromatic carbocycles. The lowest BCUT2D eigenvalue weighted by Gasteiger charge is -2.18. The topological polar surface area (TPSA) is 41.5 Å². The highest BCUT2D eigenvalue weighted by Crippen LogP contribution is 2.34. The maximum atomic E-state index is 8.76. The third-order valence-corrected chi connectivity index (χ3v) is 4.41. The highest BCUT2D eigenvalue weighted by atomic mass is 32.2. The molecule has 0 radical (unpaired) electrons. The smallest absolute Gasteiger partial charge is 0.0666 e. The molecule has 0 heterocycles. The first-order valence-electron chi connectivity index (χ1n) is 6.92. The summed E-state index contributed by atoms with van der Waals surface area (Å²) in [6.45, 7) is 1.05. The van der Waals surface area contributed by atoms with Crippen LogP contribution in [0.1, 0.15) is 19.3 Å². The van der Waals surface area contributed by atoms with Crippen molar-refractivity contribution in [3.8, 4) is 0 Å². The Balaban J connectivity index is 1.83. The molecule has 1 fully saturated rings. The SMILES string of the molecule is COCC(Nc1ccc(SCCCO)cc1)C1CC1. The Hall–Kier alpha value is -0.710. The Bertz CT molecular complexity index is 365. The van der Waals surface area contributed by atoms with Gasteiger partial charge in [0.25, 0.3) is 0 Å². The van der Waals surface area contributed by atoms with Crippen LogP contribution < -0.4 is 5.32 Å². The van der Waals surface area contributed by atoms with Crippen LogP contribution >= 0.6 is 11.8 Å². The molecule has 106 valence electrons. The van der Waals surface area contributed by atoms with Crippen LogP contribution in [-0.4, -0.2) is 37.2 Å². The first kappa shape index (κ1) is 14.7. The van der Waals surface area contributed by atoms with Crippen LogP contribution in [0.15, 0.2) is 29.2 Å². The number of aliphatic hydroxyl groups excluding tert-OH is 1. The molecule has 2 N–H and O–H groups in total. The van der Waals surface area contributed by atoms with Crippen molar-refractivity contribution in [1.29, 1.82) is 0 Å². The highest BCUT2D eigenvalue weighted by Gasteiger charge is 2.30. The summed E-state index contributed by atoms with van der Waals surface area (Å²) in [6, 6.07) is 8.99. The summed E-state index contributed by atoms with van der Waals surface area (Å²) < 4.78 is 5.28. The van der Waals surface area contributed by atoms with Gasteiger partial charge in [-0.1, -0.05) is 0 Å². The van der Waals surface area contributed by atoms with E-state index in [1.165, 1.54) is 23.4 Å². The lowest BCUT2D eigenvalue weighted by atomic mass is 10.2. The molecule has 1 aromatic rings. The number of hydrogen-bond donors (Lipinski definition) is 2. The number of thioether (sulfide) groups is 1. The molecule has 0 aliphatic heterocycles. The Morgan fingerprint density at radius 3 is 2.68 bits per heavy atom. The van der Waals surface area contributed by atoms with Gasteiger partial charge in [0.2, 0.25) is 0 Å². The van der Waals surface area contributed by atoms with Crippen LogP contribution in [0, 0.1) is 5.92 Å². The molecule has 0 spiro atoms. The highest BCUT2D eigenvalue weighted by molar-refractivity contribution is 7.99. The van der Waals surface area contributed by atoms with Gasteiger partial charge in [0.05, 0.1) is 12.6 Å². The largest absolute Gasteiger partial charge is 0.396 e. The number of methoxy groups -OCH3 is 1. The van der Waals surface area contributed by atoms with E-state index in [0.717, 1.165) is 24.7 Å². The summed E-state index contributed by atoms with van der Waals surface area (Å²) in [5.41, 5.74) is 1.17. The maximum absolute atomic E-state index is 8.76. The van der Waals surface area contributed by atoms with Gasteiger partial charge in [0, 0.05) is 30.1 Å². The fourth-order valence-electron chi connectivity index (χ4n) is 2.09. The Morgan fingerprint density at radius 1 is 1.37 bits per heavy atom. The molecule has 1 atom stereocenters. The lowest BCUT2D eigenvalue weighted by Crippen LogP contribution is -2.27. The van der Waals surface area contributed by atoms with E-state index in [-0.39, 0.29) is 6.61 Å². The van der Waals surface area contributed by atoms with Crippen molar-refractivity contribution in [2.45, 2.75) is 30.2 Å². The monoisotopic (exact) mass is 281 g/mol. The molecule has 1 aliphatic carbocycles. The van der Waals surface area contributed by atoms with Crippen molar-refractivity contribution in [3.05, 3.63) is 24.3 Å². The molecule has 1 unspecified atom stereocenters. The number of anilines is 1. The molecule has 0 aromatic heterocycles. The van der Waals surface area contributed by atoms with Crippen molar-refractivity contribution >= 4 is 17.4 Å². The summed E-state index contributed by atoms with van der Waals surface area (Å²) >= 11 is 1.79. The van der Waals surface area contributed by atoms with Crippen molar-refractivity contribution in [2.24, 2.45) is 5.92 Å². The number of nitrogens with one attached hydrogen (secondary N) is 1. The van der Waals surface area contributed by atoms with Gasteiger partial charge in [-0.25, -0.2) is 0 Å². The van der Waals surface area contributed by atoms with E-state index in [1.54, 1.807) is 18.9 Å². The van der Waals surface area contributed by atoms with Crippen molar-refractivity contribution in [3.63, 3.8) is 0 Å². The number of aliphatic hydroxyl groups is 1. The zero-order valence-electron chi connectivity index (χ0n) is 11.5. The predicted molar refractivity (Wildman–Crippen MR) is 80.9 cm³/mol. The minimum Gasteiger partial charge on any atom is -0.396 e. The van der Waals surface area contributed by atoms with Gasteiger partial charge in [0.1, 0.15) is 0 Å². The van der Waals surface area contributed by atoms with Gasteiger partial charge in [-0.3, -0.25) is 0 Å². The fraction of sp³-hybridized carbons (Fsp3) is 0.600. The molecule has 0 amide bonds. The van der Waals surface area contributed by atoms with Crippen LogP contribution in [0.2, 0.25) is 0 Å². The van der Waals surface area contributed by atoms with E-state index in [9.17, 15) is 0 Å². The number of benzene rings is 1. The second-order valence-electron chi connectivity index (χ2n) is 4.99. The van der Waals surface area contributed by atoms with Crippen LogP contribution in [0.3, 0.4) is 0 Å². The van der Waals surface area contributed by atoms with E-state index in [1.807, 2.05) is 0 Å². The van der Waals surface area contributed by atoms with Crippen LogP contribution in [-0.2, 0) is 4.74 Å². The minimum absolute atomic E-state index is 0.271. The zero-order valence-corrected chi connectivity index (χ0v) is 12.3. The van der Waals surface area contributed by atoms with Gasteiger partial charge in [-0.15, -0.1) is 11.8 Å². The van der Waals surface area contributed by atoms with E-state index in [2.05, 4.69) is 29.6 Å². The van der Waals surface area contributed by atoms with Crippen molar-refractivity contribution in [1.82, 2.24) is 0 Å². The second kappa shape index (κ2) is 7.78. The van der Waals surface area contributed by atoms with Gasteiger partial charge in [0.15, 0.2) is 0 Å². The molecular weight excluding hydrogens is 258 g/mol. The Kier molecular flexibility index (Phi) is 6.01. The van der Waals surface area contributed by atoms with Crippen molar-refractivity contribution < 1.29 is 9.84 Å². The average molecular weight is 281 g/mol. The quantitative estimate of drug-likeness (QED) is 0.539. The summed E-state index contributed by atoms with van der Waals surface area (Å²) in [4.78, 5) is 1.26. The van der Waals surface area contributed by atoms with Crippen LogP contribution in [0.5, 0.6) is 0 Å². The third-order valence-electron chi connectivity index (χ3n) is 3.31. The van der Waals surface area contributed by atoms with Crippen molar-refractivity contribution in [2.75, 3.05) is 31.4 Å². The zero-order chi connectivity index (χ0) is 13.5. The van der Waals surface area contributed by atoms with E-state index in [4.69, 9.17) is 9.84 Å². The Morgan fingerprint density at radius 2 is 2.11 bits per heavy atom. The molecule has 1 aliphatic rings. The van der Waals surface area contributed by atoms with Gasteiger partial charge in [-0.05, 0) is 49.4 Å². The lowest BCUT2D eigenvalue weighted by molar-refractivity contribution is 0.179. The van der Waals surface area contributed by atoms with E-state index < -0.39 is 0 Å². The normalized spacial score (nSPS) is 16.3. The number of hydrogen-bond acceptors (Lipinski definition) is 4. The Labute approximate surface area is 119 Å². The molecule has 0 bridgehead atoms. The van der Waals surface area contributed by atoms with Gasteiger partial charge >= 0.3 is 0 Å². The van der Waals surface area contributed by atoms with Gasteiger partial charge in [-0.2, -0.15) is 0 Å². The van der Waals surface area contributed by atoms with Crippen LogP contribution in [0.4, 0.5) is 5.69 Å². The average Bonchev–Trinajstić information content (AvgIpc) is 3.25. The van der Waals surface area contributed by atoms with Gasteiger partial charge < -0.3 is 15.2 Å². The number of rotatable bonds is 9. The minimum atomic E-state index is 0.271. The molecule has 0 saturated heterocycles. The van der Waals surface area contributed by atoms with Crippen LogP contribution in [0.25, 0.3) is 0 Å². The number of ether oxygens (including phenoxy) is 1.